The summed E-state index contributed by atoms with van der Waals surface area (Å²) in [6.45, 7) is 5.93. The highest BCUT2D eigenvalue weighted by Gasteiger charge is 2.15. The molecule has 0 atom stereocenters. The minimum Gasteiger partial charge on any atom is -0.462 e. The number of carbonyl (C=O) groups excluding carboxylic acids is 1. The lowest BCUT2D eigenvalue weighted by molar-refractivity contribution is 0.0524. The molecule has 0 saturated carbocycles. The van der Waals surface area contributed by atoms with Crippen LogP contribution in [0.1, 0.15) is 35.5 Å². The maximum absolute atomic E-state index is 11.7. The highest BCUT2D eigenvalue weighted by atomic mass is 16.5. The van der Waals surface area contributed by atoms with Crippen LogP contribution in [0, 0.1) is 6.92 Å². The zero-order chi connectivity index (χ0) is 14.5. The van der Waals surface area contributed by atoms with E-state index >= 15 is 0 Å². The van der Waals surface area contributed by atoms with Gasteiger partial charge in [-0.25, -0.2) is 14.8 Å². The molecule has 5 heteroatoms. The second kappa shape index (κ2) is 6.23. The quantitative estimate of drug-likeness (QED) is 0.800. The third-order valence-corrected chi connectivity index (χ3v) is 2.96. The van der Waals surface area contributed by atoms with Gasteiger partial charge in [-0.2, -0.15) is 0 Å². The molecule has 2 aromatic heterocycles. The lowest BCUT2D eigenvalue weighted by Crippen LogP contribution is -2.09. The smallest absolute Gasteiger partial charge is 0.341 e. The zero-order valence-corrected chi connectivity index (χ0v) is 11.9. The fourth-order valence-corrected chi connectivity index (χ4v) is 1.92. The van der Waals surface area contributed by atoms with Gasteiger partial charge >= 0.3 is 5.97 Å². The van der Waals surface area contributed by atoms with Gasteiger partial charge in [0.1, 0.15) is 5.69 Å². The lowest BCUT2D eigenvalue weighted by atomic mass is 10.1. The molecule has 104 valence electrons. The van der Waals surface area contributed by atoms with E-state index in [0.717, 1.165) is 17.7 Å². The number of pyridine rings is 1. The van der Waals surface area contributed by atoms with E-state index < -0.39 is 5.97 Å². The summed E-state index contributed by atoms with van der Waals surface area (Å²) in [5, 5.41) is 0. The Bertz CT molecular complexity index is 626. The Morgan fingerprint density at radius 3 is 2.75 bits per heavy atom. The van der Waals surface area contributed by atoms with Crippen molar-refractivity contribution in [3.8, 4) is 11.5 Å². The number of nitrogens with zero attached hydrogens (tertiary/aromatic N) is 3. The predicted molar refractivity (Wildman–Crippen MR) is 75.3 cm³/mol. The van der Waals surface area contributed by atoms with Crippen molar-refractivity contribution in [2.75, 3.05) is 6.61 Å². The van der Waals surface area contributed by atoms with Crippen LogP contribution in [0.4, 0.5) is 0 Å². The van der Waals surface area contributed by atoms with Crippen molar-refractivity contribution in [1.29, 1.82) is 0 Å². The second-order valence-corrected chi connectivity index (χ2v) is 4.28. The fraction of sp³-hybridized carbons (Fsp3) is 0.333. The van der Waals surface area contributed by atoms with Gasteiger partial charge in [-0.1, -0.05) is 13.0 Å². The largest absolute Gasteiger partial charge is 0.462 e. The molecule has 0 saturated heterocycles. The third kappa shape index (κ3) is 2.82. The van der Waals surface area contributed by atoms with E-state index in [1.165, 1.54) is 6.20 Å². The van der Waals surface area contributed by atoms with Crippen molar-refractivity contribution < 1.29 is 9.53 Å². The Balaban J connectivity index is 2.41. The summed E-state index contributed by atoms with van der Waals surface area (Å²) in [6.07, 6.45) is 4.07. The van der Waals surface area contributed by atoms with Crippen LogP contribution < -0.4 is 0 Å². The lowest BCUT2D eigenvalue weighted by Gasteiger charge is -2.08. The van der Waals surface area contributed by atoms with Crippen molar-refractivity contribution in [2.45, 2.75) is 27.2 Å². The number of hydrogen-bond donors (Lipinski definition) is 0. The molecule has 2 aromatic rings. The van der Waals surface area contributed by atoms with E-state index in [9.17, 15) is 4.79 Å². The van der Waals surface area contributed by atoms with E-state index in [1.54, 1.807) is 20.0 Å². The van der Waals surface area contributed by atoms with Crippen LogP contribution >= 0.6 is 0 Å². The van der Waals surface area contributed by atoms with E-state index in [0.29, 0.717) is 23.7 Å². The first-order valence-corrected chi connectivity index (χ1v) is 6.62. The maximum atomic E-state index is 11.7. The molecule has 0 aromatic carbocycles. The molecule has 2 heterocycles. The van der Waals surface area contributed by atoms with Crippen LogP contribution in [0.5, 0.6) is 0 Å². The Kier molecular flexibility index (Phi) is 4.40. The van der Waals surface area contributed by atoms with Crippen LogP contribution in [0.2, 0.25) is 0 Å². The normalized spacial score (nSPS) is 10.3. The number of hydrogen-bond acceptors (Lipinski definition) is 5. The first-order valence-electron chi connectivity index (χ1n) is 6.62. The molecule has 0 aliphatic carbocycles. The topological polar surface area (TPSA) is 65.0 Å². The van der Waals surface area contributed by atoms with Crippen molar-refractivity contribution in [3.63, 3.8) is 0 Å². The number of esters is 1. The summed E-state index contributed by atoms with van der Waals surface area (Å²) < 4.78 is 4.96. The molecule has 0 N–H and O–H groups in total. The van der Waals surface area contributed by atoms with Crippen LogP contribution in [0.3, 0.4) is 0 Å². The molecule has 0 radical (unpaired) electrons. The van der Waals surface area contributed by atoms with Crippen LogP contribution in [-0.4, -0.2) is 27.5 Å². The molecule has 2 rings (SSSR count). The Morgan fingerprint density at radius 1 is 1.30 bits per heavy atom. The van der Waals surface area contributed by atoms with Gasteiger partial charge in [-0.15, -0.1) is 0 Å². The average Bonchev–Trinajstić information content (AvgIpc) is 2.47. The highest BCUT2D eigenvalue weighted by molar-refractivity contribution is 5.90. The van der Waals surface area contributed by atoms with Gasteiger partial charge in [0.25, 0.3) is 0 Å². The van der Waals surface area contributed by atoms with Gasteiger partial charge in [-0.05, 0) is 31.9 Å². The summed E-state index contributed by atoms with van der Waals surface area (Å²) in [5.74, 6) is 0.140. The predicted octanol–water partition coefficient (Wildman–Crippen LogP) is 2.59. The number of aryl methyl sites for hydroxylation is 2. The molecule has 0 aliphatic rings. The number of ether oxygens (including phenoxy) is 1. The maximum Gasteiger partial charge on any atom is 0.341 e. The monoisotopic (exact) mass is 271 g/mol. The van der Waals surface area contributed by atoms with Crippen LogP contribution in [0.15, 0.2) is 24.5 Å². The Morgan fingerprint density at radius 2 is 2.10 bits per heavy atom. The van der Waals surface area contributed by atoms with Gasteiger partial charge < -0.3 is 4.74 Å². The Labute approximate surface area is 118 Å². The van der Waals surface area contributed by atoms with E-state index in [1.807, 2.05) is 12.1 Å². The molecular weight excluding hydrogens is 254 g/mol. The van der Waals surface area contributed by atoms with Crippen LogP contribution in [0.25, 0.3) is 11.5 Å². The number of carbonyl (C=O) groups is 1. The Hall–Kier alpha value is -2.30. The van der Waals surface area contributed by atoms with Gasteiger partial charge in [0.05, 0.1) is 17.9 Å². The number of rotatable bonds is 4. The molecule has 20 heavy (non-hydrogen) atoms. The molecule has 0 spiro atoms. The molecule has 0 amide bonds. The van der Waals surface area contributed by atoms with Gasteiger partial charge in [0, 0.05) is 12.4 Å². The van der Waals surface area contributed by atoms with Crippen molar-refractivity contribution in [2.24, 2.45) is 0 Å². The molecular formula is C15H17N3O2. The minimum atomic E-state index is -0.395. The van der Waals surface area contributed by atoms with Gasteiger partial charge in [-0.3, -0.25) is 4.98 Å². The standard InChI is InChI=1S/C15H17N3O2/c1-4-11-7-6-8-16-13(11)14-17-9-12(10(3)18-14)15(19)20-5-2/h6-9H,4-5H2,1-3H3. The van der Waals surface area contributed by atoms with E-state index in [-0.39, 0.29) is 0 Å². The molecule has 0 bridgehead atoms. The minimum absolute atomic E-state index is 0.334. The SMILES string of the molecule is CCOC(=O)c1cnc(-c2ncccc2CC)nc1C. The first-order chi connectivity index (χ1) is 9.67. The van der Waals surface area contributed by atoms with Gasteiger partial charge in [0.2, 0.25) is 0 Å². The molecule has 0 unspecified atom stereocenters. The van der Waals surface area contributed by atoms with Crippen molar-refractivity contribution in [3.05, 3.63) is 41.3 Å². The molecule has 5 nitrogen and oxygen atoms in total. The summed E-state index contributed by atoms with van der Waals surface area (Å²) in [5.41, 5.74) is 2.83. The number of aromatic nitrogens is 3. The van der Waals surface area contributed by atoms with Crippen molar-refractivity contribution in [1.82, 2.24) is 15.0 Å². The van der Waals surface area contributed by atoms with Gasteiger partial charge in [0.15, 0.2) is 5.82 Å². The van der Waals surface area contributed by atoms with Crippen LogP contribution in [-0.2, 0) is 11.2 Å². The summed E-state index contributed by atoms with van der Waals surface area (Å²) >= 11 is 0. The van der Waals surface area contributed by atoms with Crippen molar-refractivity contribution >= 4 is 5.97 Å². The second-order valence-electron chi connectivity index (χ2n) is 4.28. The molecule has 0 aliphatic heterocycles. The summed E-state index contributed by atoms with van der Waals surface area (Å²) in [7, 11) is 0. The average molecular weight is 271 g/mol. The highest BCUT2D eigenvalue weighted by Crippen LogP contribution is 2.19. The van der Waals surface area contributed by atoms with E-state index in [2.05, 4.69) is 21.9 Å². The summed E-state index contributed by atoms with van der Waals surface area (Å²) in [6, 6.07) is 3.89. The zero-order valence-electron chi connectivity index (χ0n) is 11.9. The fourth-order valence-electron chi connectivity index (χ4n) is 1.92. The first kappa shape index (κ1) is 14.1. The van der Waals surface area contributed by atoms with E-state index in [4.69, 9.17) is 4.74 Å². The summed E-state index contributed by atoms with van der Waals surface area (Å²) in [4.78, 5) is 24.7. The molecule has 0 fully saturated rings. The third-order valence-electron chi connectivity index (χ3n) is 2.96.